The van der Waals surface area contributed by atoms with Gasteiger partial charge in [0, 0.05) is 29.7 Å². The Kier molecular flexibility index (Phi) is 4.95. The number of benzene rings is 2. The van der Waals surface area contributed by atoms with Gasteiger partial charge >= 0.3 is 0 Å². The predicted molar refractivity (Wildman–Crippen MR) is 83.4 cm³/mol. The Morgan fingerprint density at radius 1 is 1.10 bits per heavy atom. The zero-order chi connectivity index (χ0) is 15.2. The van der Waals surface area contributed by atoms with Crippen LogP contribution in [-0.4, -0.2) is 11.8 Å². The van der Waals surface area contributed by atoms with E-state index in [1.165, 1.54) is 6.92 Å². The van der Waals surface area contributed by atoms with Crippen LogP contribution in [-0.2, 0) is 11.3 Å². The van der Waals surface area contributed by atoms with Gasteiger partial charge in [-0.15, -0.1) is 0 Å². The van der Waals surface area contributed by atoms with Crippen molar-refractivity contribution >= 4 is 29.1 Å². The number of carbonyl (C=O) groups is 2. The summed E-state index contributed by atoms with van der Waals surface area (Å²) in [5.41, 5.74) is 2.01. The van der Waals surface area contributed by atoms with Gasteiger partial charge in [0.05, 0.1) is 0 Å². The first kappa shape index (κ1) is 15.1. The van der Waals surface area contributed by atoms with E-state index in [9.17, 15) is 9.59 Å². The molecule has 0 saturated carbocycles. The van der Waals surface area contributed by atoms with Crippen molar-refractivity contribution in [2.75, 3.05) is 5.32 Å². The van der Waals surface area contributed by atoms with Crippen LogP contribution in [0, 0.1) is 0 Å². The third-order valence-corrected chi connectivity index (χ3v) is 3.02. The lowest BCUT2D eigenvalue weighted by Gasteiger charge is -2.08. The molecular weight excluding hydrogens is 288 g/mol. The van der Waals surface area contributed by atoms with Gasteiger partial charge < -0.3 is 10.6 Å². The van der Waals surface area contributed by atoms with Crippen molar-refractivity contribution in [1.82, 2.24) is 5.32 Å². The van der Waals surface area contributed by atoms with Crippen molar-refractivity contribution in [3.8, 4) is 0 Å². The van der Waals surface area contributed by atoms with Crippen LogP contribution in [0.4, 0.5) is 5.69 Å². The summed E-state index contributed by atoms with van der Waals surface area (Å²) in [4.78, 5) is 23.1. The lowest BCUT2D eigenvalue weighted by atomic mass is 10.1. The van der Waals surface area contributed by atoms with Crippen LogP contribution in [0.1, 0.15) is 22.8 Å². The number of carbonyl (C=O) groups excluding carboxylic acids is 2. The van der Waals surface area contributed by atoms with E-state index in [4.69, 9.17) is 11.6 Å². The molecule has 0 spiro atoms. The molecule has 2 N–H and O–H groups in total. The molecule has 2 rings (SSSR count). The summed E-state index contributed by atoms with van der Waals surface area (Å²) in [5, 5.41) is 6.09. The molecule has 2 aromatic rings. The monoisotopic (exact) mass is 302 g/mol. The van der Waals surface area contributed by atoms with E-state index in [2.05, 4.69) is 10.6 Å². The topological polar surface area (TPSA) is 58.2 Å². The molecule has 0 unspecified atom stereocenters. The molecule has 0 aromatic heterocycles. The number of halogens is 1. The van der Waals surface area contributed by atoms with Crippen LogP contribution in [0.2, 0.25) is 5.02 Å². The molecule has 0 aliphatic rings. The Bertz CT molecular complexity index is 671. The van der Waals surface area contributed by atoms with Gasteiger partial charge in [0.2, 0.25) is 5.91 Å². The molecule has 0 heterocycles. The number of anilines is 1. The third kappa shape index (κ3) is 4.61. The average molecular weight is 303 g/mol. The van der Waals surface area contributed by atoms with Crippen molar-refractivity contribution in [2.24, 2.45) is 0 Å². The summed E-state index contributed by atoms with van der Waals surface area (Å²) < 4.78 is 0. The van der Waals surface area contributed by atoms with E-state index >= 15 is 0 Å². The summed E-state index contributed by atoms with van der Waals surface area (Å²) >= 11 is 5.89. The fourth-order valence-electron chi connectivity index (χ4n) is 1.87. The molecule has 0 radical (unpaired) electrons. The van der Waals surface area contributed by atoms with E-state index < -0.39 is 0 Å². The maximum atomic E-state index is 12.1. The van der Waals surface area contributed by atoms with Crippen LogP contribution in [0.15, 0.2) is 48.5 Å². The minimum atomic E-state index is -0.206. The Hall–Kier alpha value is -2.33. The molecule has 2 aromatic carbocycles. The maximum absolute atomic E-state index is 12.1. The zero-order valence-corrected chi connectivity index (χ0v) is 12.3. The Balaban J connectivity index is 2.01. The molecular formula is C16H15ClN2O2. The summed E-state index contributed by atoms with van der Waals surface area (Å²) in [7, 11) is 0. The predicted octanol–water partition coefficient (Wildman–Crippen LogP) is 3.23. The van der Waals surface area contributed by atoms with Gasteiger partial charge in [-0.25, -0.2) is 0 Å². The summed E-state index contributed by atoms with van der Waals surface area (Å²) in [6, 6.07) is 14.1. The fourth-order valence-corrected chi connectivity index (χ4v) is 2.09. The quantitative estimate of drug-likeness (QED) is 0.911. The number of nitrogens with one attached hydrogen (secondary N) is 2. The van der Waals surface area contributed by atoms with Gasteiger partial charge in [0.25, 0.3) is 5.91 Å². The highest BCUT2D eigenvalue weighted by molar-refractivity contribution is 6.30. The van der Waals surface area contributed by atoms with E-state index in [0.29, 0.717) is 22.8 Å². The van der Waals surface area contributed by atoms with Crippen LogP contribution < -0.4 is 10.6 Å². The minimum Gasteiger partial charge on any atom is -0.348 e. The SMILES string of the molecule is CC(=O)Nc1cccc(C(=O)NCc2cccc(Cl)c2)c1. The van der Waals surface area contributed by atoms with E-state index in [0.717, 1.165) is 5.56 Å². The van der Waals surface area contributed by atoms with Gasteiger partial charge in [-0.1, -0.05) is 29.8 Å². The second kappa shape index (κ2) is 6.90. The third-order valence-electron chi connectivity index (χ3n) is 2.79. The molecule has 0 aliphatic carbocycles. The normalized spacial score (nSPS) is 10.0. The fraction of sp³-hybridized carbons (Fsp3) is 0.125. The molecule has 0 saturated heterocycles. The second-order valence-electron chi connectivity index (χ2n) is 4.57. The van der Waals surface area contributed by atoms with Crippen LogP contribution in [0.5, 0.6) is 0 Å². The summed E-state index contributed by atoms with van der Waals surface area (Å²) in [6.07, 6.45) is 0. The van der Waals surface area contributed by atoms with Crippen molar-refractivity contribution < 1.29 is 9.59 Å². The summed E-state index contributed by atoms with van der Waals surface area (Å²) in [5.74, 6) is -0.381. The smallest absolute Gasteiger partial charge is 0.251 e. The Morgan fingerprint density at radius 2 is 1.86 bits per heavy atom. The number of hydrogen-bond acceptors (Lipinski definition) is 2. The molecule has 5 heteroatoms. The van der Waals surface area contributed by atoms with Gasteiger partial charge in [-0.2, -0.15) is 0 Å². The van der Waals surface area contributed by atoms with Gasteiger partial charge in [-0.3, -0.25) is 9.59 Å². The Labute approximate surface area is 128 Å². The standard InChI is InChI=1S/C16H15ClN2O2/c1-11(20)19-15-7-3-5-13(9-15)16(21)18-10-12-4-2-6-14(17)8-12/h2-9H,10H2,1H3,(H,18,21)(H,19,20). The van der Waals surface area contributed by atoms with Crippen molar-refractivity contribution in [3.63, 3.8) is 0 Å². The molecule has 0 fully saturated rings. The Morgan fingerprint density at radius 3 is 2.57 bits per heavy atom. The molecule has 21 heavy (non-hydrogen) atoms. The first-order valence-electron chi connectivity index (χ1n) is 6.45. The van der Waals surface area contributed by atoms with Crippen LogP contribution in [0.25, 0.3) is 0 Å². The van der Waals surface area contributed by atoms with Crippen LogP contribution in [0.3, 0.4) is 0 Å². The highest BCUT2D eigenvalue weighted by Crippen LogP contribution is 2.12. The average Bonchev–Trinajstić information content (AvgIpc) is 2.44. The summed E-state index contributed by atoms with van der Waals surface area (Å²) in [6.45, 7) is 1.82. The molecule has 0 atom stereocenters. The molecule has 4 nitrogen and oxygen atoms in total. The second-order valence-corrected chi connectivity index (χ2v) is 5.01. The zero-order valence-electron chi connectivity index (χ0n) is 11.5. The number of amides is 2. The number of hydrogen-bond donors (Lipinski definition) is 2. The first-order chi connectivity index (χ1) is 10.0. The maximum Gasteiger partial charge on any atom is 0.251 e. The van der Waals surface area contributed by atoms with Gasteiger partial charge in [0.1, 0.15) is 0 Å². The molecule has 108 valence electrons. The highest BCUT2D eigenvalue weighted by Gasteiger charge is 2.06. The molecule has 2 amide bonds. The van der Waals surface area contributed by atoms with Crippen molar-refractivity contribution in [2.45, 2.75) is 13.5 Å². The minimum absolute atomic E-state index is 0.175. The first-order valence-corrected chi connectivity index (χ1v) is 6.83. The molecule has 0 aliphatic heterocycles. The van der Waals surface area contributed by atoms with E-state index in [1.807, 2.05) is 12.1 Å². The van der Waals surface area contributed by atoms with Crippen molar-refractivity contribution in [3.05, 3.63) is 64.7 Å². The lowest BCUT2D eigenvalue weighted by molar-refractivity contribution is -0.114. The largest absolute Gasteiger partial charge is 0.348 e. The van der Waals surface area contributed by atoms with Crippen LogP contribution >= 0.6 is 11.6 Å². The lowest BCUT2D eigenvalue weighted by Crippen LogP contribution is -2.22. The van der Waals surface area contributed by atoms with E-state index in [-0.39, 0.29) is 11.8 Å². The van der Waals surface area contributed by atoms with Gasteiger partial charge in [-0.05, 0) is 35.9 Å². The van der Waals surface area contributed by atoms with Gasteiger partial charge in [0.15, 0.2) is 0 Å². The molecule has 0 bridgehead atoms. The van der Waals surface area contributed by atoms with Crippen molar-refractivity contribution in [1.29, 1.82) is 0 Å². The highest BCUT2D eigenvalue weighted by atomic mass is 35.5. The number of rotatable bonds is 4. The van der Waals surface area contributed by atoms with E-state index in [1.54, 1.807) is 36.4 Å².